The van der Waals surface area contributed by atoms with Crippen LogP contribution in [0.15, 0.2) is 48.9 Å². The molecule has 1 amide bonds. The molecule has 9 nitrogen and oxygen atoms in total. The van der Waals surface area contributed by atoms with Crippen molar-refractivity contribution in [2.75, 3.05) is 11.4 Å². The van der Waals surface area contributed by atoms with Crippen LogP contribution >= 0.6 is 0 Å². The average Bonchev–Trinajstić information content (AvgIpc) is 3.62. The molecule has 0 aliphatic carbocycles. The summed E-state index contributed by atoms with van der Waals surface area (Å²) < 4.78 is 31.7. The number of aryl methyl sites for hydroxylation is 1. The van der Waals surface area contributed by atoms with E-state index < -0.39 is 17.6 Å². The van der Waals surface area contributed by atoms with Crippen LogP contribution in [0.2, 0.25) is 0 Å². The van der Waals surface area contributed by atoms with Gasteiger partial charge in [0, 0.05) is 43.0 Å². The number of fused-ring (bicyclic) bond motifs is 2. The first-order chi connectivity index (χ1) is 17.9. The number of anilines is 1. The minimum Gasteiger partial charge on any atom is -0.478 e. The van der Waals surface area contributed by atoms with E-state index in [1.165, 1.54) is 18.5 Å². The minimum atomic E-state index is -1.04. The number of halogens is 2. The lowest BCUT2D eigenvalue weighted by Crippen LogP contribution is -2.40. The summed E-state index contributed by atoms with van der Waals surface area (Å²) in [6.45, 7) is 1.19. The Hall–Kier alpha value is -4.28. The van der Waals surface area contributed by atoms with Crippen LogP contribution in [0.3, 0.4) is 0 Å². The number of pyridine rings is 1. The zero-order valence-corrected chi connectivity index (χ0v) is 19.8. The molecule has 0 radical (unpaired) electrons. The van der Waals surface area contributed by atoms with Gasteiger partial charge in [-0.3, -0.25) is 9.48 Å². The number of aromatic nitrogens is 4. The van der Waals surface area contributed by atoms with Crippen LogP contribution in [0.4, 0.5) is 14.5 Å². The van der Waals surface area contributed by atoms with Crippen LogP contribution in [-0.2, 0) is 13.0 Å². The number of nitrogens with one attached hydrogen (secondary N) is 1. The summed E-state index contributed by atoms with van der Waals surface area (Å²) in [4.78, 5) is 26.8. The number of carboxylic acid groups (broad SMARTS) is 1. The first-order valence-corrected chi connectivity index (χ1v) is 12.2. The second-order valence-electron chi connectivity index (χ2n) is 9.49. The molecular weight excluding hydrogens is 482 g/mol. The van der Waals surface area contributed by atoms with Crippen LogP contribution in [0.5, 0.6) is 0 Å². The van der Waals surface area contributed by atoms with Gasteiger partial charge in [-0.15, -0.1) is 0 Å². The molecule has 2 atom stereocenters. The number of amides is 1. The standard InChI is InChI=1S/C26H24F2N6O3/c27-15-3-4-21(28)18(10-15)22-2-1-7-32(22)17-6-9-34-24(12-17)19(13-29-34)25(35)31-16-5-8-33-23(11-16)20(14-30-33)26(36)37/h3-4,6,9-10,12-14,16,22H,1-2,5,7-8,11H2,(H,31,35)(H,36,37). The fourth-order valence-corrected chi connectivity index (χ4v) is 5.49. The van der Waals surface area contributed by atoms with Crippen LogP contribution in [0.1, 0.15) is 57.3 Å². The Morgan fingerprint density at radius 3 is 2.70 bits per heavy atom. The molecule has 190 valence electrons. The number of benzene rings is 1. The van der Waals surface area contributed by atoms with E-state index in [4.69, 9.17) is 0 Å². The van der Waals surface area contributed by atoms with E-state index in [2.05, 4.69) is 15.5 Å². The topological polar surface area (TPSA) is 105 Å². The maximum Gasteiger partial charge on any atom is 0.339 e. The van der Waals surface area contributed by atoms with Gasteiger partial charge in [0.05, 0.1) is 35.2 Å². The molecule has 37 heavy (non-hydrogen) atoms. The van der Waals surface area contributed by atoms with E-state index in [1.807, 2.05) is 17.0 Å². The summed E-state index contributed by atoms with van der Waals surface area (Å²) in [5.41, 5.74) is 2.83. The predicted molar refractivity (Wildman–Crippen MR) is 130 cm³/mol. The maximum absolute atomic E-state index is 14.5. The molecule has 3 aromatic heterocycles. The third kappa shape index (κ3) is 4.09. The molecule has 2 aliphatic rings. The highest BCUT2D eigenvalue weighted by Crippen LogP contribution is 2.38. The van der Waals surface area contributed by atoms with Gasteiger partial charge >= 0.3 is 5.97 Å². The summed E-state index contributed by atoms with van der Waals surface area (Å²) in [5, 5.41) is 20.9. The van der Waals surface area contributed by atoms with Crippen molar-refractivity contribution in [3.8, 4) is 0 Å². The van der Waals surface area contributed by atoms with E-state index >= 15 is 0 Å². The Bertz CT molecular complexity index is 1530. The van der Waals surface area contributed by atoms with Gasteiger partial charge in [0.25, 0.3) is 5.91 Å². The molecule has 0 saturated carbocycles. The number of hydrogen-bond acceptors (Lipinski definition) is 5. The zero-order valence-electron chi connectivity index (χ0n) is 19.8. The molecule has 6 rings (SSSR count). The average molecular weight is 507 g/mol. The first kappa shape index (κ1) is 23.1. The third-order valence-electron chi connectivity index (χ3n) is 7.29. The molecule has 0 bridgehead atoms. The first-order valence-electron chi connectivity index (χ1n) is 12.2. The molecule has 2 aliphatic heterocycles. The Labute approximate surface area is 210 Å². The number of carbonyl (C=O) groups excluding carboxylic acids is 1. The van der Waals surface area contributed by atoms with Crippen LogP contribution in [-0.4, -0.2) is 49.0 Å². The smallest absolute Gasteiger partial charge is 0.339 e. The summed E-state index contributed by atoms with van der Waals surface area (Å²) in [6.07, 6.45) is 7.10. The molecule has 1 saturated heterocycles. The van der Waals surface area contributed by atoms with Gasteiger partial charge in [0.2, 0.25) is 0 Å². The highest BCUT2D eigenvalue weighted by molar-refractivity contribution is 6.01. The van der Waals surface area contributed by atoms with Crippen LogP contribution < -0.4 is 10.2 Å². The Kier molecular flexibility index (Phi) is 5.62. The van der Waals surface area contributed by atoms with Crippen molar-refractivity contribution in [1.82, 2.24) is 24.7 Å². The lowest BCUT2D eigenvalue weighted by Gasteiger charge is -2.27. The molecule has 1 fully saturated rings. The highest BCUT2D eigenvalue weighted by Gasteiger charge is 2.30. The highest BCUT2D eigenvalue weighted by atomic mass is 19.1. The van der Waals surface area contributed by atoms with Crippen LogP contribution in [0, 0.1) is 11.6 Å². The van der Waals surface area contributed by atoms with Gasteiger partial charge in [0.15, 0.2) is 0 Å². The van der Waals surface area contributed by atoms with Crippen molar-refractivity contribution in [2.24, 2.45) is 0 Å². The monoisotopic (exact) mass is 506 g/mol. The van der Waals surface area contributed by atoms with Crippen molar-refractivity contribution in [3.05, 3.63) is 82.9 Å². The van der Waals surface area contributed by atoms with Gasteiger partial charge in [-0.05, 0) is 49.6 Å². The Balaban J connectivity index is 1.25. The van der Waals surface area contributed by atoms with Crippen LogP contribution in [0.25, 0.3) is 5.52 Å². The van der Waals surface area contributed by atoms with Crippen molar-refractivity contribution in [2.45, 2.75) is 44.3 Å². The molecule has 2 unspecified atom stereocenters. The van der Waals surface area contributed by atoms with Crippen molar-refractivity contribution in [3.63, 3.8) is 0 Å². The number of nitrogens with zero attached hydrogens (tertiary/aromatic N) is 5. The van der Waals surface area contributed by atoms with Crippen molar-refractivity contribution >= 4 is 23.1 Å². The molecule has 1 aromatic carbocycles. The van der Waals surface area contributed by atoms with E-state index in [1.54, 1.807) is 15.4 Å². The minimum absolute atomic E-state index is 0.148. The second-order valence-corrected chi connectivity index (χ2v) is 9.49. The Morgan fingerprint density at radius 2 is 1.86 bits per heavy atom. The number of hydrogen-bond donors (Lipinski definition) is 2. The maximum atomic E-state index is 14.5. The number of rotatable bonds is 5. The van der Waals surface area contributed by atoms with Crippen molar-refractivity contribution in [1.29, 1.82) is 0 Å². The molecule has 4 aromatic rings. The van der Waals surface area contributed by atoms with Crippen molar-refractivity contribution < 1.29 is 23.5 Å². The van der Waals surface area contributed by atoms with E-state index in [9.17, 15) is 23.5 Å². The van der Waals surface area contributed by atoms with E-state index in [-0.39, 0.29) is 23.6 Å². The zero-order chi connectivity index (χ0) is 25.7. The third-order valence-corrected chi connectivity index (χ3v) is 7.29. The number of carbonyl (C=O) groups is 2. The van der Waals surface area contributed by atoms with Gasteiger partial charge < -0.3 is 15.3 Å². The van der Waals surface area contributed by atoms with Gasteiger partial charge in [-0.1, -0.05) is 0 Å². The number of aromatic carboxylic acids is 1. The second kappa shape index (κ2) is 8.99. The fraction of sp³-hybridized carbons (Fsp3) is 0.308. The molecule has 0 spiro atoms. The summed E-state index contributed by atoms with van der Waals surface area (Å²) in [7, 11) is 0. The van der Waals surface area contributed by atoms with Gasteiger partial charge in [-0.2, -0.15) is 10.2 Å². The Morgan fingerprint density at radius 1 is 1.03 bits per heavy atom. The molecule has 2 N–H and O–H groups in total. The quantitative estimate of drug-likeness (QED) is 0.429. The molecule has 11 heteroatoms. The summed E-state index contributed by atoms with van der Waals surface area (Å²) in [6, 6.07) is 6.66. The summed E-state index contributed by atoms with van der Waals surface area (Å²) >= 11 is 0. The lowest BCUT2D eigenvalue weighted by molar-refractivity contribution is 0.0695. The fourth-order valence-electron chi connectivity index (χ4n) is 5.49. The van der Waals surface area contributed by atoms with Gasteiger partial charge in [-0.25, -0.2) is 18.1 Å². The van der Waals surface area contributed by atoms with E-state index in [0.717, 1.165) is 24.2 Å². The molecule has 5 heterocycles. The molecular formula is C26H24F2N6O3. The number of carboxylic acids is 1. The van der Waals surface area contributed by atoms with Gasteiger partial charge in [0.1, 0.15) is 17.2 Å². The SMILES string of the molecule is O=C(O)c1cnn2c1CC(NC(=O)c1cnn3ccc(N4CCCC4c4cc(F)ccc4F)cc13)CC2. The van der Waals surface area contributed by atoms with E-state index in [0.29, 0.717) is 54.7 Å². The predicted octanol–water partition coefficient (Wildman–Crippen LogP) is 3.59. The normalized spacial score (nSPS) is 19.2. The summed E-state index contributed by atoms with van der Waals surface area (Å²) in [5.74, 6) is -2.27. The largest absolute Gasteiger partial charge is 0.478 e. The lowest BCUT2D eigenvalue weighted by atomic mass is 10.0.